The van der Waals surface area contributed by atoms with Crippen LogP contribution in [0.4, 0.5) is 0 Å². The van der Waals surface area contributed by atoms with Crippen molar-refractivity contribution in [2.45, 2.75) is 46.0 Å². The van der Waals surface area contributed by atoms with Crippen molar-refractivity contribution in [3.8, 4) is 0 Å². The summed E-state index contributed by atoms with van der Waals surface area (Å²) >= 11 is 0. The first kappa shape index (κ1) is 12.0. The lowest BCUT2D eigenvalue weighted by atomic mass is 10.1. The zero-order valence-electron chi connectivity index (χ0n) is 10.00. The van der Waals surface area contributed by atoms with Crippen LogP contribution in [0.5, 0.6) is 0 Å². The lowest BCUT2D eigenvalue weighted by Crippen LogP contribution is -1.83. The molecule has 0 aliphatic heterocycles. The Hall–Kier alpha value is -1.04. The molecule has 0 amide bonds. The largest absolute Gasteiger partial charge is 0.0853 e. The highest BCUT2D eigenvalue weighted by Crippen LogP contribution is 2.09. The monoisotopic (exact) mass is 202 g/mol. The molecule has 1 aromatic carbocycles. The van der Waals surface area contributed by atoms with E-state index in [0.29, 0.717) is 0 Å². The van der Waals surface area contributed by atoms with Crippen LogP contribution >= 0.6 is 0 Å². The molecule has 0 N–H and O–H groups in total. The van der Waals surface area contributed by atoms with Crippen molar-refractivity contribution in [1.82, 2.24) is 0 Å². The molecule has 0 heterocycles. The first-order valence-electron chi connectivity index (χ1n) is 6.02. The summed E-state index contributed by atoms with van der Waals surface area (Å²) in [6.45, 7) is 4.50. The molecule has 1 aromatic rings. The highest BCUT2D eigenvalue weighted by atomic mass is 14.0. The summed E-state index contributed by atoms with van der Waals surface area (Å²) in [7, 11) is 0. The molecule has 0 atom stereocenters. The number of unbranched alkanes of at least 4 members (excludes halogenated alkanes) is 1. The van der Waals surface area contributed by atoms with E-state index in [2.05, 4.69) is 50.3 Å². The molecule has 0 aliphatic rings. The number of hydrogen-bond acceptors (Lipinski definition) is 0. The topological polar surface area (TPSA) is 0 Å². The van der Waals surface area contributed by atoms with Crippen molar-refractivity contribution in [2.75, 3.05) is 0 Å². The summed E-state index contributed by atoms with van der Waals surface area (Å²) in [5, 5.41) is 0. The third-order valence-corrected chi connectivity index (χ3v) is 2.69. The Morgan fingerprint density at radius 3 is 2.60 bits per heavy atom. The van der Waals surface area contributed by atoms with E-state index in [1.54, 1.807) is 5.57 Å². The fourth-order valence-electron chi connectivity index (χ4n) is 1.69. The minimum absolute atomic E-state index is 1.17. The van der Waals surface area contributed by atoms with E-state index in [1.807, 2.05) is 0 Å². The van der Waals surface area contributed by atoms with Crippen LogP contribution in [0, 0.1) is 0 Å². The van der Waals surface area contributed by atoms with Crippen molar-refractivity contribution < 1.29 is 0 Å². The molecule has 0 bridgehead atoms. The van der Waals surface area contributed by atoms with Gasteiger partial charge in [-0.2, -0.15) is 0 Å². The van der Waals surface area contributed by atoms with Gasteiger partial charge in [-0.15, -0.1) is 0 Å². The van der Waals surface area contributed by atoms with Crippen LogP contribution in [0.15, 0.2) is 42.0 Å². The normalized spacial score (nSPS) is 11.7. The quantitative estimate of drug-likeness (QED) is 0.584. The molecule has 0 heteroatoms. The van der Waals surface area contributed by atoms with Crippen LogP contribution in [0.25, 0.3) is 0 Å². The van der Waals surface area contributed by atoms with Gasteiger partial charge in [0.2, 0.25) is 0 Å². The highest BCUT2D eigenvalue weighted by Gasteiger charge is 1.91. The summed E-state index contributed by atoms with van der Waals surface area (Å²) in [5.74, 6) is 0. The molecule has 0 spiro atoms. The number of hydrogen-bond donors (Lipinski definition) is 0. The van der Waals surface area contributed by atoms with Crippen molar-refractivity contribution in [3.05, 3.63) is 47.5 Å². The number of benzene rings is 1. The van der Waals surface area contributed by atoms with E-state index in [0.717, 1.165) is 0 Å². The highest BCUT2D eigenvalue weighted by molar-refractivity contribution is 5.15. The summed E-state index contributed by atoms with van der Waals surface area (Å²) in [6, 6.07) is 10.7. The fraction of sp³-hybridized carbons (Fsp3) is 0.467. The van der Waals surface area contributed by atoms with E-state index in [9.17, 15) is 0 Å². The van der Waals surface area contributed by atoms with Crippen LogP contribution < -0.4 is 0 Å². The first-order chi connectivity index (χ1) is 7.33. The number of aryl methyl sites for hydroxylation is 1. The van der Waals surface area contributed by atoms with Crippen LogP contribution in [0.3, 0.4) is 0 Å². The van der Waals surface area contributed by atoms with Gasteiger partial charge in [0.05, 0.1) is 0 Å². The Morgan fingerprint density at radius 1 is 1.20 bits per heavy atom. The predicted molar refractivity (Wildman–Crippen MR) is 68.0 cm³/mol. The molecule has 1 rings (SSSR count). The Bertz CT molecular complexity index is 282. The van der Waals surface area contributed by atoms with Gasteiger partial charge in [-0.05, 0) is 38.2 Å². The summed E-state index contributed by atoms with van der Waals surface area (Å²) < 4.78 is 0. The number of allylic oxidation sites excluding steroid dienone is 2. The molecule has 15 heavy (non-hydrogen) atoms. The average molecular weight is 202 g/mol. The third-order valence-electron chi connectivity index (χ3n) is 2.69. The van der Waals surface area contributed by atoms with Crippen molar-refractivity contribution in [2.24, 2.45) is 0 Å². The predicted octanol–water partition coefficient (Wildman–Crippen LogP) is 4.76. The lowest BCUT2D eigenvalue weighted by molar-refractivity contribution is 0.781. The molecule has 0 saturated heterocycles. The van der Waals surface area contributed by atoms with Gasteiger partial charge >= 0.3 is 0 Å². The van der Waals surface area contributed by atoms with Gasteiger partial charge in [-0.3, -0.25) is 0 Å². The first-order valence-corrected chi connectivity index (χ1v) is 6.02. The van der Waals surface area contributed by atoms with Crippen LogP contribution in [-0.4, -0.2) is 0 Å². The number of rotatable bonds is 6. The SMILES string of the molecule is CCCC/C(C)=C\CCc1ccccc1. The fourth-order valence-corrected chi connectivity index (χ4v) is 1.69. The van der Waals surface area contributed by atoms with E-state index < -0.39 is 0 Å². The Kier molecular flexibility index (Phi) is 5.84. The molecule has 0 aromatic heterocycles. The minimum Gasteiger partial charge on any atom is -0.0853 e. The molecule has 0 unspecified atom stereocenters. The van der Waals surface area contributed by atoms with Gasteiger partial charge < -0.3 is 0 Å². The van der Waals surface area contributed by atoms with Crippen molar-refractivity contribution in [1.29, 1.82) is 0 Å². The maximum Gasteiger partial charge on any atom is -0.0244 e. The lowest BCUT2D eigenvalue weighted by Gasteiger charge is -2.00. The molecule has 82 valence electrons. The maximum atomic E-state index is 2.39. The molecular formula is C15H22. The second-order valence-electron chi connectivity index (χ2n) is 4.18. The summed E-state index contributed by atoms with van der Waals surface area (Å²) in [5.41, 5.74) is 2.99. The van der Waals surface area contributed by atoms with Gasteiger partial charge in [0, 0.05) is 0 Å². The van der Waals surface area contributed by atoms with Crippen molar-refractivity contribution >= 4 is 0 Å². The van der Waals surface area contributed by atoms with Crippen LogP contribution in [0.1, 0.15) is 45.1 Å². The maximum absolute atomic E-state index is 2.39. The minimum atomic E-state index is 1.17. The zero-order chi connectivity index (χ0) is 10.9. The summed E-state index contributed by atoms with van der Waals surface area (Å²) in [6.07, 6.45) is 8.63. The van der Waals surface area contributed by atoms with Crippen LogP contribution in [0.2, 0.25) is 0 Å². The van der Waals surface area contributed by atoms with E-state index >= 15 is 0 Å². The third kappa shape index (κ3) is 5.41. The summed E-state index contributed by atoms with van der Waals surface area (Å²) in [4.78, 5) is 0. The average Bonchev–Trinajstić information content (AvgIpc) is 2.28. The van der Waals surface area contributed by atoms with E-state index in [1.165, 1.54) is 37.7 Å². The second-order valence-corrected chi connectivity index (χ2v) is 4.18. The Balaban J connectivity index is 2.26. The molecule has 0 nitrogen and oxygen atoms in total. The van der Waals surface area contributed by atoms with E-state index in [-0.39, 0.29) is 0 Å². The zero-order valence-corrected chi connectivity index (χ0v) is 10.00. The molecular weight excluding hydrogens is 180 g/mol. The molecule has 0 saturated carbocycles. The smallest absolute Gasteiger partial charge is 0.0244 e. The van der Waals surface area contributed by atoms with Crippen molar-refractivity contribution in [3.63, 3.8) is 0 Å². The molecule has 0 radical (unpaired) electrons. The second kappa shape index (κ2) is 7.28. The van der Waals surface area contributed by atoms with Gasteiger partial charge in [-0.25, -0.2) is 0 Å². The van der Waals surface area contributed by atoms with Crippen LogP contribution in [-0.2, 0) is 6.42 Å². The Morgan fingerprint density at radius 2 is 1.93 bits per heavy atom. The Labute approximate surface area is 94.0 Å². The van der Waals surface area contributed by atoms with E-state index in [4.69, 9.17) is 0 Å². The molecule has 0 fully saturated rings. The van der Waals surface area contributed by atoms with Gasteiger partial charge in [0.25, 0.3) is 0 Å². The van der Waals surface area contributed by atoms with Gasteiger partial charge in [0.15, 0.2) is 0 Å². The van der Waals surface area contributed by atoms with Gasteiger partial charge in [0.1, 0.15) is 0 Å². The van der Waals surface area contributed by atoms with Gasteiger partial charge in [-0.1, -0.05) is 55.3 Å². The standard InChI is InChI=1S/C15H22/c1-3-4-9-14(2)10-8-13-15-11-6-5-7-12-15/h5-7,10-12H,3-4,8-9,13H2,1-2H3/b14-10-. The molecule has 0 aliphatic carbocycles.